The molecule has 0 aromatic rings. The molecule has 0 aliphatic heterocycles. The van der Waals surface area contributed by atoms with Gasteiger partial charge in [0.1, 0.15) is 30.2 Å². The Bertz CT molecular complexity index is 1220. The molecule has 0 fully saturated rings. The van der Waals surface area contributed by atoms with Gasteiger partial charge >= 0.3 is 23.9 Å². The first-order chi connectivity index (χ1) is 24.0. The maximum absolute atomic E-state index is 13.5. The summed E-state index contributed by atoms with van der Waals surface area (Å²) in [7, 11) is 0. The predicted octanol–water partition coefficient (Wildman–Crippen LogP) is -2.33. The summed E-state index contributed by atoms with van der Waals surface area (Å²) in [5.74, 6) is -10.6. The molecule has 0 radical (unpaired) electrons. The number of carbonyl (C=O) groups is 9. The topological polar surface area (TPSA) is 347 Å². The number of hydrogen-bond acceptors (Lipinski definition) is 12. The first-order valence-corrected chi connectivity index (χ1v) is 17.1. The molecule has 0 aliphatic carbocycles. The minimum Gasteiger partial charge on any atom is -0.481 e. The molecule has 0 aromatic heterocycles. The summed E-state index contributed by atoms with van der Waals surface area (Å²) >= 11 is 3.89. The van der Waals surface area contributed by atoms with Gasteiger partial charge in [-0.2, -0.15) is 12.6 Å². The summed E-state index contributed by atoms with van der Waals surface area (Å²) in [6.45, 7) is 2.11. The number of thiol groups is 1. The lowest BCUT2D eigenvalue weighted by Crippen LogP contribution is -2.59. The number of carboxylic acid groups (broad SMARTS) is 4. The van der Waals surface area contributed by atoms with Gasteiger partial charge < -0.3 is 58.5 Å². The molecule has 0 bridgehead atoms. The molecular weight excluding hydrogens is 698 g/mol. The molecule has 0 saturated carbocycles. The molecule has 0 saturated heterocycles. The maximum atomic E-state index is 13.5. The van der Waals surface area contributed by atoms with E-state index < -0.39 is 128 Å². The highest BCUT2D eigenvalue weighted by Gasteiger charge is 2.33. The number of hydrogen-bond donors (Lipinski definition) is 12. The third-order valence-corrected chi connectivity index (χ3v) is 7.79. The lowest BCUT2D eigenvalue weighted by Gasteiger charge is -2.27. The van der Waals surface area contributed by atoms with Crippen LogP contribution in [0.2, 0.25) is 0 Å². The van der Waals surface area contributed by atoms with Crippen molar-refractivity contribution in [3.63, 3.8) is 0 Å². The van der Waals surface area contributed by atoms with Crippen LogP contribution >= 0.6 is 12.6 Å². The number of carboxylic acids is 4. The van der Waals surface area contributed by atoms with Crippen molar-refractivity contribution in [1.29, 1.82) is 0 Å². The van der Waals surface area contributed by atoms with Crippen molar-refractivity contribution in [2.75, 3.05) is 12.3 Å². The molecule has 6 atom stereocenters. The van der Waals surface area contributed by atoms with Crippen molar-refractivity contribution in [3.05, 3.63) is 0 Å². The van der Waals surface area contributed by atoms with Crippen LogP contribution in [-0.2, 0) is 43.2 Å². The van der Waals surface area contributed by atoms with Crippen molar-refractivity contribution >= 4 is 66.0 Å². The fourth-order valence-corrected chi connectivity index (χ4v) is 4.73. The van der Waals surface area contributed by atoms with Crippen molar-refractivity contribution in [1.82, 2.24) is 26.6 Å². The van der Waals surface area contributed by atoms with E-state index in [9.17, 15) is 58.5 Å². The first-order valence-electron chi connectivity index (χ1n) is 16.4. The summed E-state index contributed by atoms with van der Waals surface area (Å²) in [6, 6.07) is -8.62. The fraction of sp³-hybridized carbons (Fsp3) is 0.700. The minimum atomic E-state index is -1.68. The smallest absolute Gasteiger partial charge is 0.327 e. The summed E-state index contributed by atoms with van der Waals surface area (Å²) in [5, 5.41) is 48.5. The van der Waals surface area contributed by atoms with Crippen molar-refractivity contribution in [2.45, 2.75) is 120 Å². The van der Waals surface area contributed by atoms with Crippen LogP contribution in [0.4, 0.5) is 0 Å². The highest BCUT2D eigenvalue weighted by molar-refractivity contribution is 7.80. The number of unbranched alkanes of at least 4 members (excludes halogenated alkanes) is 2. The average Bonchev–Trinajstić information content (AvgIpc) is 3.06. The van der Waals surface area contributed by atoms with Crippen LogP contribution in [0.5, 0.6) is 0 Å². The second kappa shape index (κ2) is 25.5. The average molecular weight is 750 g/mol. The van der Waals surface area contributed by atoms with Gasteiger partial charge in [-0.15, -0.1) is 0 Å². The molecule has 0 aromatic carbocycles. The molecule has 51 heavy (non-hydrogen) atoms. The van der Waals surface area contributed by atoms with E-state index in [4.69, 9.17) is 16.6 Å². The molecule has 13 N–H and O–H groups in total. The Morgan fingerprint density at radius 2 is 0.882 bits per heavy atom. The normalized spacial score (nSPS) is 14.4. The third-order valence-electron chi connectivity index (χ3n) is 7.42. The molecule has 0 heterocycles. The van der Waals surface area contributed by atoms with Crippen LogP contribution in [0.3, 0.4) is 0 Å². The molecule has 21 heteroatoms. The van der Waals surface area contributed by atoms with Gasteiger partial charge in [0.15, 0.2) is 0 Å². The van der Waals surface area contributed by atoms with E-state index in [1.807, 2.05) is 6.92 Å². The van der Waals surface area contributed by atoms with Crippen molar-refractivity contribution < 1.29 is 63.6 Å². The number of aliphatic carboxylic acids is 4. The monoisotopic (exact) mass is 749 g/mol. The zero-order valence-corrected chi connectivity index (χ0v) is 29.3. The van der Waals surface area contributed by atoms with Gasteiger partial charge in [-0.3, -0.25) is 38.4 Å². The minimum absolute atomic E-state index is 0.0177. The quantitative estimate of drug-likeness (QED) is 0.0295. The van der Waals surface area contributed by atoms with E-state index in [1.165, 1.54) is 0 Å². The molecule has 0 aliphatic rings. The fourth-order valence-electron chi connectivity index (χ4n) is 4.48. The standard InChI is InChI=1S/C30H51N7O13S/c1-2-3-6-16(32)25(44)33-18(8-11-22(38)39)27(46)35-20(10-13-24(42)43)29(48)36-19(9-12-23(40)41)28(47)34-17(7-4-5-14-31)26(45)37-21(15-51)30(49)50/h16-21,51H,2-15,31-32H2,1H3,(H,33,44)(H,34,47)(H,35,46)(H,36,48)(H,37,45)(H,38,39)(H,40,41)(H,42,43)(H,49,50)/t16-,17-,18-,19-,20-,21-/m0/s1. The molecule has 290 valence electrons. The van der Waals surface area contributed by atoms with Gasteiger partial charge in [-0.25, -0.2) is 4.79 Å². The SMILES string of the molecule is CCCC[C@H](N)C(=O)N[C@@H](CCC(=O)O)C(=O)N[C@@H](CCC(=O)O)C(=O)N[C@@H](CCC(=O)O)C(=O)N[C@@H](CCCCN)C(=O)N[C@@H](CS)C(=O)O. The third kappa shape index (κ3) is 20.1. The van der Waals surface area contributed by atoms with Gasteiger partial charge in [0.25, 0.3) is 0 Å². The zero-order valence-electron chi connectivity index (χ0n) is 28.4. The van der Waals surface area contributed by atoms with Gasteiger partial charge in [0.2, 0.25) is 29.5 Å². The Balaban J connectivity index is 6.28. The van der Waals surface area contributed by atoms with Crippen LogP contribution < -0.4 is 38.1 Å². The molecule has 0 unspecified atom stereocenters. The van der Waals surface area contributed by atoms with E-state index in [2.05, 4.69) is 39.2 Å². The molecular formula is C30H51N7O13S. The van der Waals surface area contributed by atoms with E-state index in [0.29, 0.717) is 19.3 Å². The van der Waals surface area contributed by atoms with Gasteiger partial charge in [0.05, 0.1) is 6.04 Å². The van der Waals surface area contributed by atoms with Crippen LogP contribution in [0.15, 0.2) is 0 Å². The van der Waals surface area contributed by atoms with Gasteiger partial charge in [0, 0.05) is 25.0 Å². The number of nitrogens with one attached hydrogen (secondary N) is 5. The Kier molecular flexibility index (Phi) is 23.2. The second-order valence-electron chi connectivity index (χ2n) is 11.7. The largest absolute Gasteiger partial charge is 0.481 e. The Morgan fingerprint density at radius 3 is 1.20 bits per heavy atom. The lowest BCUT2D eigenvalue weighted by molar-refractivity contribution is -0.142. The molecule has 0 spiro atoms. The van der Waals surface area contributed by atoms with Crippen LogP contribution in [0.25, 0.3) is 0 Å². The summed E-state index contributed by atoms with van der Waals surface area (Å²) in [6.07, 6.45) is -1.09. The number of nitrogens with two attached hydrogens (primary N) is 2. The highest BCUT2D eigenvalue weighted by Crippen LogP contribution is 2.09. The number of carbonyl (C=O) groups excluding carboxylic acids is 5. The Hall–Kier alpha value is -4.50. The second-order valence-corrected chi connectivity index (χ2v) is 12.0. The summed E-state index contributed by atoms with van der Waals surface area (Å²) in [4.78, 5) is 111. The van der Waals surface area contributed by atoms with Crippen molar-refractivity contribution in [3.8, 4) is 0 Å². The number of amides is 5. The van der Waals surface area contributed by atoms with E-state index in [1.54, 1.807) is 0 Å². The Morgan fingerprint density at radius 1 is 0.529 bits per heavy atom. The van der Waals surface area contributed by atoms with Crippen LogP contribution in [-0.4, -0.2) is 122 Å². The van der Waals surface area contributed by atoms with E-state index in [0.717, 1.165) is 6.42 Å². The zero-order chi connectivity index (χ0) is 39.1. The number of rotatable bonds is 28. The highest BCUT2D eigenvalue weighted by atomic mass is 32.1. The molecule has 5 amide bonds. The lowest BCUT2D eigenvalue weighted by atomic mass is 10.0. The van der Waals surface area contributed by atoms with Gasteiger partial charge in [-0.05, 0) is 51.5 Å². The summed E-state index contributed by atoms with van der Waals surface area (Å²) < 4.78 is 0. The van der Waals surface area contributed by atoms with Crippen LogP contribution in [0.1, 0.15) is 84.0 Å². The predicted molar refractivity (Wildman–Crippen MR) is 182 cm³/mol. The Labute approximate surface area is 300 Å². The maximum Gasteiger partial charge on any atom is 0.327 e. The van der Waals surface area contributed by atoms with E-state index in [-0.39, 0.29) is 25.1 Å². The molecule has 20 nitrogen and oxygen atoms in total. The molecule has 0 rings (SSSR count). The summed E-state index contributed by atoms with van der Waals surface area (Å²) in [5.41, 5.74) is 11.4. The van der Waals surface area contributed by atoms with Gasteiger partial charge in [-0.1, -0.05) is 19.8 Å². The van der Waals surface area contributed by atoms with E-state index >= 15 is 0 Å². The first kappa shape index (κ1) is 46.5. The van der Waals surface area contributed by atoms with Crippen LogP contribution in [0, 0.1) is 0 Å². The van der Waals surface area contributed by atoms with Crippen molar-refractivity contribution in [2.24, 2.45) is 11.5 Å².